The SMILES string of the molecule is CCNC(=NCc1ccccc1-n1cccn1)Nc1ccc(OC)c(OC)c1. The van der Waals surface area contributed by atoms with Crippen LogP contribution in [-0.2, 0) is 6.54 Å². The third-order valence-electron chi connectivity index (χ3n) is 4.14. The number of ether oxygens (including phenoxy) is 2. The second-order valence-electron chi connectivity index (χ2n) is 5.97. The van der Waals surface area contributed by atoms with Crippen LogP contribution in [0.5, 0.6) is 11.5 Å². The van der Waals surface area contributed by atoms with Crippen LogP contribution in [0.25, 0.3) is 5.69 Å². The first-order valence-electron chi connectivity index (χ1n) is 9.10. The Balaban J connectivity index is 1.81. The van der Waals surface area contributed by atoms with Gasteiger partial charge in [-0.1, -0.05) is 18.2 Å². The van der Waals surface area contributed by atoms with Gasteiger partial charge in [0.15, 0.2) is 17.5 Å². The number of benzene rings is 2. The van der Waals surface area contributed by atoms with Crippen molar-refractivity contribution in [1.82, 2.24) is 15.1 Å². The Morgan fingerprint density at radius 1 is 1.07 bits per heavy atom. The lowest BCUT2D eigenvalue weighted by Gasteiger charge is -2.14. The number of rotatable bonds is 7. The van der Waals surface area contributed by atoms with Crippen molar-refractivity contribution in [3.8, 4) is 17.2 Å². The van der Waals surface area contributed by atoms with Crippen molar-refractivity contribution in [3.05, 3.63) is 66.5 Å². The van der Waals surface area contributed by atoms with Crippen molar-refractivity contribution in [2.45, 2.75) is 13.5 Å². The largest absolute Gasteiger partial charge is 0.493 e. The van der Waals surface area contributed by atoms with E-state index in [1.165, 1.54) is 0 Å². The number of anilines is 1. The summed E-state index contributed by atoms with van der Waals surface area (Å²) in [5, 5.41) is 10.9. The molecule has 7 heteroatoms. The van der Waals surface area contributed by atoms with E-state index < -0.39 is 0 Å². The van der Waals surface area contributed by atoms with E-state index in [9.17, 15) is 0 Å². The van der Waals surface area contributed by atoms with Crippen molar-refractivity contribution in [3.63, 3.8) is 0 Å². The number of para-hydroxylation sites is 1. The molecule has 0 spiro atoms. The van der Waals surface area contributed by atoms with Crippen LogP contribution in [0.1, 0.15) is 12.5 Å². The van der Waals surface area contributed by atoms with Crippen LogP contribution in [0.3, 0.4) is 0 Å². The van der Waals surface area contributed by atoms with Crippen LogP contribution in [0.4, 0.5) is 5.69 Å². The van der Waals surface area contributed by atoms with Gasteiger partial charge in [0.2, 0.25) is 0 Å². The minimum absolute atomic E-state index is 0.513. The van der Waals surface area contributed by atoms with Crippen molar-refractivity contribution in [2.75, 3.05) is 26.1 Å². The first-order valence-corrected chi connectivity index (χ1v) is 9.10. The Morgan fingerprint density at radius 3 is 2.61 bits per heavy atom. The van der Waals surface area contributed by atoms with Crippen LogP contribution in [0.15, 0.2) is 65.9 Å². The molecule has 3 rings (SSSR count). The van der Waals surface area contributed by atoms with Crippen LogP contribution in [0.2, 0.25) is 0 Å². The average Bonchev–Trinajstić information content (AvgIpc) is 3.27. The molecule has 0 saturated carbocycles. The molecule has 0 saturated heterocycles. The molecule has 0 amide bonds. The molecule has 0 aliphatic carbocycles. The summed E-state index contributed by atoms with van der Waals surface area (Å²) in [6.45, 7) is 3.29. The van der Waals surface area contributed by atoms with Gasteiger partial charge in [0.25, 0.3) is 0 Å². The molecule has 3 aromatic rings. The van der Waals surface area contributed by atoms with E-state index in [1.807, 2.05) is 60.3 Å². The Kier molecular flexibility index (Phi) is 6.51. The summed E-state index contributed by atoms with van der Waals surface area (Å²) in [5.74, 6) is 2.03. The first kappa shape index (κ1) is 19.3. The van der Waals surface area contributed by atoms with E-state index in [1.54, 1.807) is 20.4 Å². The molecule has 0 radical (unpaired) electrons. The zero-order valence-corrected chi connectivity index (χ0v) is 16.3. The van der Waals surface area contributed by atoms with E-state index in [4.69, 9.17) is 14.5 Å². The lowest BCUT2D eigenvalue weighted by molar-refractivity contribution is 0.355. The maximum absolute atomic E-state index is 5.37. The lowest BCUT2D eigenvalue weighted by atomic mass is 10.2. The van der Waals surface area contributed by atoms with Gasteiger partial charge in [-0.25, -0.2) is 9.67 Å². The normalized spacial score (nSPS) is 11.2. The average molecular weight is 379 g/mol. The molecule has 0 fully saturated rings. The smallest absolute Gasteiger partial charge is 0.196 e. The van der Waals surface area contributed by atoms with Crippen LogP contribution < -0.4 is 20.1 Å². The number of nitrogens with zero attached hydrogens (tertiary/aromatic N) is 3. The zero-order chi connectivity index (χ0) is 19.8. The van der Waals surface area contributed by atoms with E-state index in [-0.39, 0.29) is 0 Å². The number of hydrogen-bond donors (Lipinski definition) is 2. The van der Waals surface area contributed by atoms with Crippen LogP contribution >= 0.6 is 0 Å². The first-order chi connectivity index (χ1) is 13.7. The topological polar surface area (TPSA) is 72.7 Å². The van der Waals surface area contributed by atoms with E-state index in [0.29, 0.717) is 24.0 Å². The van der Waals surface area contributed by atoms with Crippen molar-refractivity contribution in [1.29, 1.82) is 0 Å². The Hall–Kier alpha value is -3.48. The summed E-state index contributed by atoms with van der Waals surface area (Å²) >= 11 is 0. The molecule has 2 N–H and O–H groups in total. The number of guanidine groups is 1. The Bertz CT molecular complexity index is 922. The Morgan fingerprint density at radius 2 is 1.89 bits per heavy atom. The molecule has 0 atom stereocenters. The zero-order valence-electron chi connectivity index (χ0n) is 16.3. The highest BCUT2D eigenvalue weighted by molar-refractivity contribution is 5.93. The summed E-state index contributed by atoms with van der Waals surface area (Å²) in [7, 11) is 3.24. The van der Waals surface area contributed by atoms with Crippen molar-refractivity contribution < 1.29 is 9.47 Å². The molecule has 0 unspecified atom stereocenters. The molecule has 1 heterocycles. The summed E-state index contributed by atoms with van der Waals surface area (Å²) in [6, 6.07) is 15.7. The standard InChI is InChI=1S/C21H25N5O2/c1-4-22-21(25-17-10-11-19(27-2)20(14-17)28-3)23-15-16-8-5-6-9-18(16)26-13-7-12-24-26/h5-14H,4,15H2,1-3H3,(H2,22,23,25). The van der Waals surface area contributed by atoms with Crippen LogP contribution in [-0.4, -0.2) is 36.5 Å². The van der Waals surface area contributed by atoms with Gasteiger partial charge in [-0.3, -0.25) is 0 Å². The Labute approximate surface area is 165 Å². The second-order valence-corrected chi connectivity index (χ2v) is 5.97. The van der Waals surface area contributed by atoms with Crippen molar-refractivity contribution in [2.24, 2.45) is 4.99 Å². The number of hydrogen-bond acceptors (Lipinski definition) is 4. The van der Waals surface area contributed by atoms with Gasteiger partial charge in [-0.2, -0.15) is 5.10 Å². The van der Waals surface area contributed by atoms with E-state index in [0.717, 1.165) is 23.5 Å². The molecule has 1 aromatic heterocycles. The van der Waals surface area contributed by atoms with Crippen LogP contribution in [0, 0.1) is 0 Å². The monoisotopic (exact) mass is 379 g/mol. The molecular formula is C21H25N5O2. The third-order valence-corrected chi connectivity index (χ3v) is 4.14. The molecule has 28 heavy (non-hydrogen) atoms. The highest BCUT2D eigenvalue weighted by Crippen LogP contribution is 2.29. The second kappa shape index (κ2) is 9.45. The number of nitrogens with one attached hydrogen (secondary N) is 2. The maximum atomic E-state index is 5.37. The predicted octanol–water partition coefficient (Wildman–Crippen LogP) is 3.47. The van der Waals surface area contributed by atoms with Gasteiger partial charge in [0, 0.05) is 30.7 Å². The summed E-state index contributed by atoms with van der Waals surface area (Å²) in [5.41, 5.74) is 2.95. The quantitative estimate of drug-likeness (QED) is 0.486. The maximum Gasteiger partial charge on any atom is 0.196 e. The molecule has 0 bridgehead atoms. The van der Waals surface area contributed by atoms with Gasteiger partial charge in [0.05, 0.1) is 26.5 Å². The molecule has 0 aliphatic heterocycles. The molecule has 2 aromatic carbocycles. The number of methoxy groups -OCH3 is 2. The molecule has 0 aliphatic rings. The molecule has 146 valence electrons. The summed E-state index contributed by atoms with van der Waals surface area (Å²) < 4.78 is 12.5. The van der Waals surface area contributed by atoms with Gasteiger partial charge in [0.1, 0.15) is 0 Å². The highest BCUT2D eigenvalue weighted by atomic mass is 16.5. The minimum atomic E-state index is 0.513. The molecule has 7 nitrogen and oxygen atoms in total. The fraction of sp³-hybridized carbons (Fsp3) is 0.238. The van der Waals surface area contributed by atoms with E-state index in [2.05, 4.69) is 21.8 Å². The van der Waals surface area contributed by atoms with Gasteiger partial charge >= 0.3 is 0 Å². The highest BCUT2D eigenvalue weighted by Gasteiger charge is 2.08. The fourth-order valence-electron chi connectivity index (χ4n) is 2.80. The van der Waals surface area contributed by atoms with Gasteiger partial charge < -0.3 is 20.1 Å². The minimum Gasteiger partial charge on any atom is -0.493 e. The predicted molar refractivity (Wildman–Crippen MR) is 112 cm³/mol. The molecular weight excluding hydrogens is 354 g/mol. The number of aliphatic imine (C=N–C) groups is 1. The third kappa shape index (κ3) is 4.62. The van der Waals surface area contributed by atoms with E-state index >= 15 is 0 Å². The fourth-order valence-corrected chi connectivity index (χ4v) is 2.80. The van der Waals surface area contributed by atoms with Gasteiger partial charge in [-0.15, -0.1) is 0 Å². The summed E-state index contributed by atoms with van der Waals surface area (Å²) in [6.07, 6.45) is 3.69. The number of aromatic nitrogens is 2. The lowest BCUT2D eigenvalue weighted by Crippen LogP contribution is -2.30. The van der Waals surface area contributed by atoms with Crippen molar-refractivity contribution >= 4 is 11.6 Å². The van der Waals surface area contributed by atoms with Gasteiger partial charge in [-0.05, 0) is 36.8 Å². The summed E-state index contributed by atoms with van der Waals surface area (Å²) in [4.78, 5) is 4.73.